The Bertz CT molecular complexity index is 621. The van der Waals surface area contributed by atoms with Crippen molar-refractivity contribution in [3.8, 4) is 0 Å². The van der Waals surface area contributed by atoms with Crippen molar-refractivity contribution in [2.45, 2.75) is 18.9 Å². The van der Waals surface area contributed by atoms with Crippen LogP contribution >= 0.6 is 11.6 Å². The highest BCUT2D eigenvalue weighted by atomic mass is 35.5. The zero-order valence-electron chi connectivity index (χ0n) is 12.0. The van der Waals surface area contributed by atoms with Crippen molar-refractivity contribution in [1.82, 2.24) is 4.90 Å². The lowest BCUT2D eigenvalue weighted by molar-refractivity contribution is -0.147. The number of carbonyl (C=O) groups excluding carboxylic acids is 1. The molecule has 0 spiro atoms. The summed E-state index contributed by atoms with van der Waals surface area (Å²) in [6.07, 6.45) is 6.41. The maximum atomic E-state index is 12.3. The summed E-state index contributed by atoms with van der Waals surface area (Å²) in [5.74, 6) is -0.255. The normalized spacial score (nSPS) is 19.5. The second-order valence-corrected chi connectivity index (χ2v) is 5.81. The van der Waals surface area contributed by atoms with Crippen LogP contribution in [0.3, 0.4) is 0 Å². The molecule has 110 valence electrons. The van der Waals surface area contributed by atoms with Gasteiger partial charge < -0.3 is 4.74 Å². The summed E-state index contributed by atoms with van der Waals surface area (Å²) in [4.78, 5) is 14.5. The van der Waals surface area contributed by atoms with Gasteiger partial charge in [-0.1, -0.05) is 47.5 Å². The van der Waals surface area contributed by atoms with Crippen molar-refractivity contribution in [2.24, 2.45) is 0 Å². The van der Waals surface area contributed by atoms with Gasteiger partial charge in [-0.25, -0.2) is 4.79 Å². The molecule has 1 heterocycles. The van der Waals surface area contributed by atoms with Crippen molar-refractivity contribution >= 4 is 17.6 Å². The number of esters is 1. The minimum atomic E-state index is -0.438. The molecule has 0 saturated carbocycles. The molecule has 0 amide bonds. The van der Waals surface area contributed by atoms with E-state index in [2.05, 4.69) is 17.1 Å². The third-order valence-electron chi connectivity index (χ3n) is 4.20. The molecule has 4 heteroatoms. The van der Waals surface area contributed by atoms with Gasteiger partial charge in [0.2, 0.25) is 0 Å². The first-order chi connectivity index (χ1) is 10.2. The summed E-state index contributed by atoms with van der Waals surface area (Å²) in [7, 11) is 1.43. The topological polar surface area (TPSA) is 29.5 Å². The van der Waals surface area contributed by atoms with Gasteiger partial charge >= 0.3 is 5.97 Å². The molecular weight excluding hydrogens is 286 g/mol. The lowest BCUT2D eigenvalue weighted by atomic mass is 9.98. The number of hydrogen-bond donors (Lipinski definition) is 0. The molecule has 0 radical (unpaired) electrons. The Labute approximate surface area is 129 Å². The Morgan fingerprint density at radius 2 is 2.19 bits per heavy atom. The molecule has 1 atom stereocenters. The van der Waals surface area contributed by atoms with Crippen LogP contribution in [0.4, 0.5) is 0 Å². The molecule has 0 saturated heterocycles. The smallest absolute Gasteiger partial charge is 0.327 e. The number of halogens is 1. The molecule has 1 aromatic carbocycles. The largest absolute Gasteiger partial charge is 0.468 e. The quantitative estimate of drug-likeness (QED) is 0.800. The van der Waals surface area contributed by atoms with Crippen molar-refractivity contribution < 1.29 is 9.53 Å². The van der Waals surface area contributed by atoms with Gasteiger partial charge in [0.05, 0.1) is 7.11 Å². The summed E-state index contributed by atoms with van der Waals surface area (Å²) in [6.45, 7) is 1.63. The first kappa shape index (κ1) is 14.4. The average molecular weight is 304 g/mol. The van der Waals surface area contributed by atoms with Gasteiger partial charge in [0, 0.05) is 18.1 Å². The summed E-state index contributed by atoms with van der Waals surface area (Å²) in [5, 5.41) is 0.606. The van der Waals surface area contributed by atoms with E-state index >= 15 is 0 Å². The van der Waals surface area contributed by atoms with Crippen LogP contribution in [0.25, 0.3) is 0 Å². The fourth-order valence-corrected chi connectivity index (χ4v) is 3.34. The lowest BCUT2D eigenvalue weighted by Gasteiger charge is -2.34. The van der Waals surface area contributed by atoms with Crippen molar-refractivity contribution in [3.05, 3.63) is 58.1 Å². The molecular formula is C17H18ClNO2. The number of benzene rings is 1. The number of carbonyl (C=O) groups is 1. The molecule has 1 aromatic rings. The fourth-order valence-electron chi connectivity index (χ4n) is 3.10. The zero-order valence-corrected chi connectivity index (χ0v) is 12.8. The number of ether oxygens (including phenoxy) is 1. The molecule has 0 fully saturated rings. The minimum absolute atomic E-state index is 0.255. The Balaban J connectivity index is 1.92. The van der Waals surface area contributed by atoms with Crippen molar-refractivity contribution in [1.29, 1.82) is 0 Å². The van der Waals surface area contributed by atoms with E-state index in [1.165, 1.54) is 18.3 Å². The molecule has 0 aromatic heterocycles. The van der Waals surface area contributed by atoms with E-state index in [1.807, 2.05) is 24.3 Å². The SMILES string of the molecule is COC(=O)C(c1ccccc1Cl)N1CCC2=C(C=CC2)C1. The standard InChI is InChI=1S/C17H18ClNO2/c1-21-17(20)16(14-7-2-3-8-15(14)18)19-10-9-12-5-4-6-13(12)11-19/h2-4,6-8,16H,5,9-11H2,1H3. The predicted octanol–water partition coefficient (Wildman–Crippen LogP) is 3.52. The number of methoxy groups -OCH3 is 1. The van der Waals surface area contributed by atoms with Gasteiger partial charge in [0.1, 0.15) is 6.04 Å². The predicted molar refractivity (Wildman–Crippen MR) is 83.2 cm³/mol. The van der Waals surface area contributed by atoms with E-state index in [4.69, 9.17) is 16.3 Å². The number of hydrogen-bond acceptors (Lipinski definition) is 3. The molecule has 1 aliphatic heterocycles. The first-order valence-electron chi connectivity index (χ1n) is 7.14. The molecule has 1 unspecified atom stereocenters. The van der Waals surface area contributed by atoms with E-state index in [0.29, 0.717) is 5.02 Å². The van der Waals surface area contributed by atoms with Crippen molar-refractivity contribution in [2.75, 3.05) is 20.2 Å². The molecule has 3 nitrogen and oxygen atoms in total. The molecule has 3 rings (SSSR count). The Morgan fingerprint density at radius 1 is 1.38 bits per heavy atom. The second-order valence-electron chi connectivity index (χ2n) is 5.40. The summed E-state index contributed by atoms with van der Waals surface area (Å²) in [5.41, 5.74) is 3.65. The number of rotatable bonds is 3. The maximum Gasteiger partial charge on any atom is 0.327 e. The van der Waals surface area contributed by atoms with Crippen LogP contribution in [0.15, 0.2) is 47.6 Å². The Morgan fingerprint density at radius 3 is 2.95 bits per heavy atom. The maximum absolute atomic E-state index is 12.3. The molecule has 2 aliphatic rings. The minimum Gasteiger partial charge on any atom is -0.468 e. The highest BCUT2D eigenvalue weighted by Gasteiger charge is 2.33. The molecule has 0 bridgehead atoms. The average Bonchev–Trinajstić information content (AvgIpc) is 2.97. The highest BCUT2D eigenvalue weighted by Crippen LogP contribution is 2.34. The van der Waals surface area contributed by atoms with Crippen LogP contribution in [-0.4, -0.2) is 31.1 Å². The molecule has 0 N–H and O–H groups in total. The summed E-state index contributed by atoms with van der Waals surface area (Å²) in [6, 6.07) is 7.06. The van der Waals surface area contributed by atoms with Crippen LogP contribution in [-0.2, 0) is 9.53 Å². The third kappa shape index (κ3) is 2.76. The van der Waals surface area contributed by atoms with Crippen molar-refractivity contribution in [3.63, 3.8) is 0 Å². The summed E-state index contributed by atoms with van der Waals surface area (Å²) >= 11 is 6.29. The number of allylic oxidation sites excluding steroid dienone is 1. The fraction of sp³-hybridized carbons (Fsp3) is 0.353. The van der Waals surface area contributed by atoms with E-state index in [1.54, 1.807) is 0 Å². The van der Waals surface area contributed by atoms with Gasteiger partial charge in [-0.3, -0.25) is 4.90 Å². The van der Waals surface area contributed by atoms with Crippen LogP contribution in [0.1, 0.15) is 24.4 Å². The van der Waals surface area contributed by atoms with Crippen LogP contribution < -0.4 is 0 Å². The van der Waals surface area contributed by atoms with E-state index in [-0.39, 0.29) is 5.97 Å². The van der Waals surface area contributed by atoms with Gasteiger partial charge in [-0.15, -0.1) is 0 Å². The monoisotopic (exact) mass is 303 g/mol. The van der Waals surface area contributed by atoms with Crippen LogP contribution in [0, 0.1) is 0 Å². The number of nitrogens with zero attached hydrogens (tertiary/aromatic N) is 1. The Kier molecular flexibility index (Phi) is 4.13. The highest BCUT2D eigenvalue weighted by molar-refractivity contribution is 6.31. The Hall–Kier alpha value is -1.58. The summed E-state index contributed by atoms with van der Waals surface area (Å²) < 4.78 is 5.01. The van der Waals surface area contributed by atoms with E-state index in [0.717, 1.165) is 31.5 Å². The molecule has 21 heavy (non-hydrogen) atoms. The molecule has 1 aliphatic carbocycles. The van der Waals surface area contributed by atoms with Gasteiger partial charge in [0.25, 0.3) is 0 Å². The van der Waals surface area contributed by atoms with Gasteiger partial charge in [0.15, 0.2) is 0 Å². The van der Waals surface area contributed by atoms with Gasteiger partial charge in [-0.2, -0.15) is 0 Å². The second kappa shape index (κ2) is 6.04. The lowest BCUT2D eigenvalue weighted by Crippen LogP contribution is -2.39. The third-order valence-corrected chi connectivity index (χ3v) is 4.55. The van der Waals surface area contributed by atoms with E-state index < -0.39 is 6.04 Å². The van der Waals surface area contributed by atoms with Crippen LogP contribution in [0.5, 0.6) is 0 Å². The first-order valence-corrected chi connectivity index (χ1v) is 7.52. The van der Waals surface area contributed by atoms with E-state index in [9.17, 15) is 4.79 Å². The zero-order chi connectivity index (χ0) is 14.8. The van der Waals surface area contributed by atoms with Crippen LogP contribution in [0.2, 0.25) is 5.02 Å². The van der Waals surface area contributed by atoms with Gasteiger partial charge in [-0.05, 0) is 30.0 Å².